The van der Waals surface area contributed by atoms with Gasteiger partial charge in [0.15, 0.2) is 5.69 Å². The number of nitrogens with zero attached hydrogens (tertiary/aromatic N) is 3. The molecule has 1 aliphatic heterocycles. The summed E-state index contributed by atoms with van der Waals surface area (Å²) in [5.41, 5.74) is 3.69. The van der Waals surface area contributed by atoms with Crippen LogP contribution in [0.1, 0.15) is 17.4 Å². The van der Waals surface area contributed by atoms with Crippen molar-refractivity contribution in [3.05, 3.63) is 95.8 Å². The van der Waals surface area contributed by atoms with Crippen LogP contribution in [0.25, 0.3) is 11.3 Å². The molecule has 0 radical (unpaired) electrons. The fourth-order valence-electron chi connectivity index (χ4n) is 3.26. The number of fused-ring (bicyclic) bond motifs is 3. The van der Waals surface area contributed by atoms with Crippen LogP contribution in [0.3, 0.4) is 0 Å². The molecule has 0 saturated heterocycles. The summed E-state index contributed by atoms with van der Waals surface area (Å²) in [6, 6.07) is 24.3. The van der Waals surface area contributed by atoms with Gasteiger partial charge in [0.25, 0.3) is 0 Å². The summed E-state index contributed by atoms with van der Waals surface area (Å²) in [6.45, 7) is 0. The van der Waals surface area contributed by atoms with E-state index in [-0.39, 0.29) is 5.82 Å². The van der Waals surface area contributed by atoms with Crippen molar-refractivity contribution in [1.29, 1.82) is 0 Å². The predicted molar refractivity (Wildman–Crippen MR) is 115 cm³/mol. The fraction of sp³-hybridized carbons (Fsp3) is 0.0870. The van der Waals surface area contributed by atoms with E-state index in [0.717, 1.165) is 11.3 Å². The Labute approximate surface area is 177 Å². The highest BCUT2D eigenvalue weighted by Crippen LogP contribution is 2.39. The second-order valence-electron chi connectivity index (χ2n) is 6.73. The van der Waals surface area contributed by atoms with Gasteiger partial charge >= 0.3 is 0 Å². The molecule has 3 aromatic carbocycles. The normalized spacial score (nSPS) is 14.6. The Bertz CT molecular complexity index is 1190. The Morgan fingerprint density at radius 2 is 1.67 bits per heavy atom. The number of thioether (sulfide) groups is 1. The van der Waals surface area contributed by atoms with Gasteiger partial charge in [-0.1, -0.05) is 78.5 Å². The first-order chi connectivity index (χ1) is 14.8. The van der Waals surface area contributed by atoms with Crippen LogP contribution >= 0.6 is 11.8 Å². The number of anilines is 1. The molecule has 0 aliphatic carbocycles. The molecule has 0 bridgehead atoms. The Hall–Kier alpha value is -3.45. The lowest BCUT2D eigenvalue weighted by Gasteiger charge is -2.19. The average Bonchev–Trinajstić information content (AvgIpc) is 2.95. The van der Waals surface area contributed by atoms with Crippen LogP contribution in [-0.2, 0) is 5.75 Å². The van der Waals surface area contributed by atoms with Crippen molar-refractivity contribution in [1.82, 2.24) is 15.2 Å². The SMILES string of the molecule is Fc1ccccc1[C@H]1Nc2ccccc2-c2nnc(SCc3ccccc3)nc2O1. The number of ether oxygens (including phenoxy) is 1. The lowest BCUT2D eigenvalue weighted by atomic mass is 10.1. The van der Waals surface area contributed by atoms with Crippen molar-refractivity contribution in [2.45, 2.75) is 17.1 Å². The number of para-hydroxylation sites is 1. The van der Waals surface area contributed by atoms with Crippen molar-refractivity contribution in [2.24, 2.45) is 0 Å². The minimum atomic E-state index is -0.739. The van der Waals surface area contributed by atoms with Gasteiger partial charge in [-0.25, -0.2) is 4.39 Å². The zero-order chi connectivity index (χ0) is 20.3. The van der Waals surface area contributed by atoms with Crippen LogP contribution in [0.4, 0.5) is 10.1 Å². The molecule has 7 heteroatoms. The third kappa shape index (κ3) is 3.71. The predicted octanol–water partition coefficient (Wildman–Crippen LogP) is 5.47. The summed E-state index contributed by atoms with van der Waals surface area (Å²) in [5, 5.41) is 12.4. The molecule has 1 aliphatic rings. The van der Waals surface area contributed by atoms with Crippen molar-refractivity contribution >= 4 is 17.4 Å². The monoisotopic (exact) mass is 416 g/mol. The number of aromatic nitrogens is 3. The third-order valence-corrected chi connectivity index (χ3v) is 5.64. The standard InChI is InChI=1S/C23H17FN4OS/c24-18-12-6-4-10-16(18)21-25-19-13-7-5-11-17(19)20-22(29-21)26-23(28-27-20)30-14-15-8-2-1-3-9-15/h1-13,21,25H,14H2/t21-/m0/s1. The zero-order valence-corrected chi connectivity index (χ0v) is 16.6. The molecule has 5 nitrogen and oxygen atoms in total. The quantitative estimate of drug-likeness (QED) is 0.445. The molecule has 1 aromatic heterocycles. The summed E-state index contributed by atoms with van der Waals surface area (Å²) in [6.07, 6.45) is -0.739. The Morgan fingerprint density at radius 3 is 2.53 bits per heavy atom. The van der Waals surface area contributed by atoms with Crippen LogP contribution in [0.2, 0.25) is 0 Å². The first kappa shape index (κ1) is 18.6. The molecular formula is C23H17FN4OS. The van der Waals surface area contributed by atoms with Gasteiger partial charge in [0, 0.05) is 22.6 Å². The topological polar surface area (TPSA) is 59.9 Å². The van der Waals surface area contributed by atoms with Crippen LogP contribution in [0.15, 0.2) is 84.0 Å². The number of benzene rings is 3. The van der Waals surface area contributed by atoms with E-state index < -0.39 is 6.23 Å². The van der Waals surface area contributed by atoms with E-state index in [1.165, 1.54) is 23.4 Å². The fourth-order valence-corrected chi connectivity index (χ4v) is 3.99. The van der Waals surface area contributed by atoms with E-state index in [0.29, 0.717) is 28.0 Å². The van der Waals surface area contributed by atoms with Gasteiger partial charge < -0.3 is 10.1 Å². The zero-order valence-electron chi connectivity index (χ0n) is 15.8. The molecule has 0 unspecified atom stereocenters. The third-order valence-electron chi connectivity index (χ3n) is 4.73. The smallest absolute Gasteiger partial charge is 0.247 e. The molecule has 5 rings (SSSR count). The lowest BCUT2D eigenvalue weighted by molar-refractivity contribution is 0.220. The van der Waals surface area contributed by atoms with E-state index in [2.05, 4.69) is 32.6 Å². The molecule has 0 saturated carbocycles. The van der Waals surface area contributed by atoms with E-state index >= 15 is 0 Å². The number of hydrogen-bond acceptors (Lipinski definition) is 6. The molecule has 0 fully saturated rings. The van der Waals surface area contributed by atoms with E-state index in [1.54, 1.807) is 18.2 Å². The summed E-state index contributed by atoms with van der Waals surface area (Å²) in [5.74, 6) is 0.690. The summed E-state index contributed by atoms with van der Waals surface area (Å²) in [4.78, 5) is 4.60. The van der Waals surface area contributed by atoms with Crippen molar-refractivity contribution in [2.75, 3.05) is 5.32 Å². The molecule has 30 heavy (non-hydrogen) atoms. The molecule has 0 spiro atoms. The Kier molecular flexibility index (Phi) is 5.03. The molecular weight excluding hydrogens is 399 g/mol. The van der Waals surface area contributed by atoms with Gasteiger partial charge in [0.1, 0.15) is 5.82 Å². The average molecular weight is 416 g/mol. The van der Waals surface area contributed by atoms with Gasteiger partial charge in [0.2, 0.25) is 17.3 Å². The van der Waals surface area contributed by atoms with Gasteiger partial charge in [-0.15, -0.1) is 10.2 Å². The number of nitrogens with one attached hydrogen (secondary N) is 1. The second-order valence-corrected chi connectivity index (χ2v) is 7.67. The van der Waals surface area contributed by atoms with Gasteiger partial charge in [-0.05, 0) is 17.7 Å². The minimum absolute atomic E-state index is 0.325. The first-order valence-corrected chi connectivity index (χ1v) is 10.4. The Morgan fingerprint density at radius 1 is 0.900 bits per heavy atom. The van der Waals surface area contributed by atoms with Crippen molar-refractivity contribution in [3.63, 3.8) is 0 Å². The molecule has 1 atom stereocenters. The lowest BCUT2D eigenvalue weighted by Crippen LogP contribution is -2.18. The Balaban J connectivity index is 1.52. The maximum absolute atomic E-state index is 14.5. The minimum Gasteiger partial charge on any atom is -0.448 e. The maximum Gasteiger partial charge on any atom is 0.247 e. The van der Waals surface area contributed by atoms with E-state index in [9.17, 15) is 4.39 Å². The number of rotatable bonds is 4. The molecule has 0 amide bonds. The largest absolute Gasteiger partial charge is 0.448 e. The highest BCUT2D eigenvalue weighted by Gasteiger charge is 2.27. The van der Waals surface area contributed by atoms with Crippen LogP contribution in [0, 0.1) is 5.82 Å². The number of halogens is 1. The second kappa shape index (κ2) is 8.12. The van der Waals surface area contributed by atoms with Gasteiger partial charge in [0.05, 0.1) is 0 Å². The summed E-state index contributed by atoms with van der Waals surface area (Å²) in [7, 11) is 0. The van der Waals surface area contributed by atoms with Crippen LogP contribution in [-0.4, -0.2) is 15.2 Å². The number of hydrogen-bond donors (Lipinski definition) is 1. The van der Waals surface area contributed by atoms with Gasteiger partial charge in [-0.2, -0.15) is 4.98 Å². The van der Waals surface area contributed by atoms with E-state index in [4.69, 9.17) is 4.74 Å². The first-order valence-electron chi connectivity index (χ1n) is 9.46. The highest BCUT2D eigenvalue weighted by atomic mass is 32.2. The maximum atomic E-state index is 14.5. The summed E-state index contributed by atoms with van der Waals surface area (Å²) < 4.78 is 20.6. The van der Waals surface area contributed by atoms with Crippen LogP contribution < -0.4 is 10.1 Å². The van der Waals surface area contributed by atoms with Crippen molar-refractivity contribution < 1.29 is 9.13 Å². The van der Waals surface area contributed by atoms with Crippen LogP contribution in [0.5, 0.6) is 5.88 Å². The molecule has 4 aromatic rings. The van der Waals surface area contributed by atoms with Gasteiger partial charge in [-0.3, -0.25) is 0 Å². The van der Waals surface area contributed by atoms with E-state index in [1.807, 2.05) is 42.5 Å². The molecule has 148 valence electrons. The molecule has 2 heterocycles. The van der Waals surface area contributed by atoms with Crippen molar-refractivity contribution in [3.8, 4) is 17.1 Å². The molecule has 1 N–H and O–H groups in total. The summed E-state index contributed by atoms with van der Waals surface area (Å²) >= 11 is 1.48. The highest BCUT2D eigenvalue weighted by molar-refractivity contribution is 7.98.